The van der Waals surface area contributed by atoms with E-state index in [0.717, 1.165) is 29.3 Å². The molecule has 0 amide bonds. The SMILES string of the molecule is Cc1ccc(NCCC2CC2)c(C#N)c1. The Balaban J connectivity index is 1.96. The Morgan fingerprint density at radius 1 is 1.47 bits per heavy atom. The molecule has 0 aromatic heterocycles. The number of hydrogen-bond acceptors (Lipinski definition) is 2. The van der Waals surface area contributed by atoms with E-state index in [1.165, 1.54) is 19.3 Å². The highest BCUT2D eigenvalue weighted by molar-refractivity contribution is 5.58. The maximum absolute atomic E-state index is 8.97. The lowest BCUT2D eigenvalue weighted by Crippen LogP contribution is -2.03. The number of nitrogens with one attached hydrogen (secondary N) is 1. The van der Waals surface area contributed by atoms with Gasteiger partial charge in [-0.3, -0.25) is 0 Å². The summed E-state index contributed by atoms with van der Waals surface area (Å²) in [6.07, 6.45) is 4.01. The lowest BCUT2D eigenvalue weighted by atomic mass is 10.1. The third-order valence-corrected chi connectivity index (χ3v) is 2.86. The van der Waals surface area contributed by atoms with Gasteiger partial charge in [-0.15, -0.1) is 0 Å². The summed E-state index contributed by atoms with van der Waals surface area (Å²) in [4.78, 5) is 0. The predicted octanol–water partition coefficient (Wildman–Crippen LogP) is 3.08. The standard InChI is InChI=1S/C13H16N2/c1-10-2-5-13(12(8-10)9-14)15-7-6-11-3-4-11/h2,5,8,11,15H,3-4,6-7H2,1H3. The Kier molecular flexibility index (Phi) is 2.91. The number of nitrogens with zero attached hydrogens (tertiary/aromatic N) is 1. The van der Waals surface area contributed by atoms with E-state index in [4.69, 9.17) is 5.26 Å². The van der Waals surface area contributed by atoms with Gasteiger partial charge in [0.2, 0.25) is 0 Å². The van der Waals surface area contributed by atoms with Gasteiger partial charge in [0.1, 0.15) is 6.07 Å². The van der Waals surface area contributed by atoms with Gasteiger partial charge < -0.3 is 5.32 Å². The molecule has 0 saturated heterocycles. The minimum atomic E-state index is 0.755. The monoisotopic (exact) mass is 200 g/mol. The average molecular weight is 200 g/mol. The summed E-state index contributed by atoms with van der Waals surface area (Å²) in [6, 6.07) is 8.20. The van der Waals surface area contributed by atoms with E-state index >= 15 is 0 Å². The minimum Gasteiger partial charge on any atom is -0.384 e. The smallest absolute Gasteiger partial charge is 0.101 e. The molecule has 1 saturated carbocycles. The molecule has 0 spiro atoms. The Morgan fingerprint density at radius 2 is 2.27 bits per heavy atom. The molecule has 15 heavy (non-hydrogen) atoms. The molecule has 78 valence electrons. The van der Waals surface area contributed by atoms with Crippen LogP contribution >= 0.6 is 0 Å². The van der Waals surface area contributed by atoms with Crippen molar-refractivity contribution in [1.29, 1.82) is 5.26 Å². The first-order chi connectivity index (χ1) is 7.29. The first kappa shape index (κ1) is 10.0. The number of anilines is 1. The maximum Gasteiger partial charge on any atom is 0.101 e. The summed E-state index contributed by atoms with van der Waals surface area (Å²) < 4.78 is 0. The average Bonchev–Trinajstić information content (AvgIpc) is 3.04. The zero-order valence-electron chi connectivity index (χ0n) is 9.09. The van der Waals surface area contributed by atoms with Gasteiger partial charge >= 0.3 is 0 Å². The van der Waals surface area contributed by atoms with Crippen molar-refractivity contribution in [3.63, 3.8) is 0 Å². The number of hydrogen-bond donors (Lipinski definition) is 1. The highest BCUT2D eigenvalue weighted by atomic mass is 14.9. The second kappa shape index (κ2) is 4.35. The molecular formula is C13H16N2. The van der Waals surface area contributed by atoms with E-state index in [1.54, 1.807) is 0 Å². The third-order valence-electron chi connectivity index (χ3n) is 2.86. The molecule has 1 aromatic rings. The Hall–Kier alpha value is -1.49. The highest BCUT2D eigenvalue weighted by Gasteiger charge is 2.20. The molecule has 2 nitrogen and oxygen atoms in total. The fraction of sp³-hybridized carbons (Fsp3) is 0.462. The van der Waals surface area contributed by atoms with Gasteiger partial charge in [-0.1, -0.05) is 18.9 Å². The van der Waals surface area contributed by atoms with Crippen molar-refractivity contribution >= 4 is 5.69 Å². The molecule has 0 unspecified atom stereocenters. The molecule has 2 rings (SSSR count). The molecule has 1 aliphatic carbocycles. The van der Waals surface area contributed by atoms with Gasteiger partial charge in [0.15, 0.2) is 0 Å². The summed E-state index contributed by atoms with van der Waals surface area (Å²) in [5.41, 5.74) is 2.87. The van der Waals surface area contributed by atoms with Crippen LogP contribution in [0.25, 0.3) is 0 Å². The van der Waals surface area contributed by atoms with Crippen molar-refractivity contribution in [2.45, 2.75) is 26.2 Å². The summed E-state index contributed by atoms with van der Waals surface area (Å²) in [5.74, 6) is 0.938. The zero-order chi connectivity index (χ0) is 10.7. The lowest BCUT2D eigenvalue weighted by Gasteiger charge is -2.08. The summed E-state index contributed by atoms with van der Waals surface area (Å²) >= 11 is 0. The first-order valence-electron chi connectivity index (χ1n) is 5.54. The molecule has 1 fully saturated rings. The van der Waals surface area contributed by atoms with Crippen LogP contribution in [0.4, 0.5) is 5.69 Å². The first-order valence-corrected chi connectivity index (χ1v) is 5.54. The molecule has 1 aromatic carbocycles. The van der Waals surface area contributed by atoms with Crippen LogP contribution in [0, 0.1) is 24.2 Å². The zero-order valence-corrected chi connectivity index (χ0v) is 9.09. The van der Waals surface area contributed by atoms with Crippen LogP contribution in [0.15, 0.2) is 18.2 Å². The van der Waals surface area contributed by atoms with Crippen molar-refractivity contribution in [3.05, 3.63) is 29.3 Å². The van der Waals surface area contributed by atoms with Crippen LogP contribution in [-0.2, 0) is 0 Å². The molecule has 2 heteroatoms. The fourth-order valence-electron chi connectivity index (χ4n) is 1.72. The molecule has 1 aliphatic rings. The van der Waals surface area contributed by atoms with Gasteiger partial charge in [-0.2, -0.15) is 5.26 Å². The van der Waals surface area contributed by atoms with Crippen LogP contribution in [-0.4, -0.2) is 6.54 Å². The number of aryl methyl sites for hydroxylation is 1. The Labute approximate surface area is 90.9 Å². The van der Waals surface area contributed by atoms with Crippen molar-refractivity contribution < 1.29 is 0 Å². The van der Waals surface area contributed by atoms with Crippen molar-refractivity contribution in [3.8, 4) is 6.07 Å². The van der Waals surface area contributed by atoms with E-state index in [0.29, 0.717) is 0 Å². The van der Waals surface area contributed by atoms with E-state index in [9.17, 15) is 0 Å². The van der Waals surface area contributed by atoms with Crippen LogP contribution in [0.2, 0.25) is 0 Å². The summed E-state index contributed by atoms with van der Waals surface area (Å²) in [7, 11) is 0. The van der Waals surface area contributed by atoms with Gasteiger partial charge in [-0.25, -0.2) is 0 Å². The van der Waals surface area contributed by atoms with Crippen molar-refractivity contribution in [2.75, 3.05) is 11.9 Å². The third kappa shape index (κ3) is 2.73. The summed E-state index contributed by atoms with van der Waals surface area (Å²) in [6.45, 7) is 3.00. The van der Waals surface area contributed by atoms with Crippen LogP contribution in [0.3, 0.4) is 0 Å². The molecule has 0 bridgehead atoms. The normalized spacial score (nSPS) is 14.7. The van der Waals surface area contributed by atoms with Gasteiger partial charge in [0.25, 0.3) is 0 Å². The Morgan fingerprint density at radius 3 is 2.93 bits per heavy atom. The largest absolute Gasteiger partial charge is 0.384 e. The van der Waals surface area contributed by atoms with Crippen LogP contribution < -0.4 is 5.32 Å². The van der Waals surface area contributed by atoms with Crippen molar-refractivity contribution in [1.82, 2.24) is 0 Å². The fourth-order valence-corrected chi connectivity index (χ4v) is 1.72. The molecular weight excluding hydrogens is 184 g/mol. The van der Waals surface area contributed by atoms with Crippen LogP contribution in [0.5, 0.6) is 0 Å². The Bertz CT molecular complexity index is 386. The van der Waals surface area contributed by atoms with Crippen LogP contribution in [0.1, 0.15) is 30.4 Å². The molecule has 0 heterocycles. The molecule has 0 radical (unpaired) electrons. The quantitative estimate of drug-likeness (QED) is 0.810. The molecule has 0 aliphatic heterocycles. The van der Waals surface area contributed by atoms with Gasteiger partial charge in [0, 0.05) is 6.54 Å². The van der Waals surface area contributed by atoms with Gasteiger partial charge in [-0.05, 0) is 37.0 Å². The number of benzene rings is 1. The second-order valence-corrected chi connectivity index (χ2v) is 4.32. The molecule has 0 atom stereocenters. The molecule has 1 N–H and O–H groups in total. The van der Waals surface area contributed by atoms with E-state index in [2.05, 4.69) is 11.4 Å². The summed E-state index contributed by atoms with van der Waals surface area (Å²) in [5, 5.41) is 12.3. The second-order valence-electron chi connectivity index (χ2n) is 4.32. The van der Waals surface area contributed by atoms with E-state index in [-0.39, 0.29) is 0 Å². The minimum absolute atomic E-state index is 0.755. The van der Waals surface area contributed by atoms with E-state index in [1.807, 2.05) is 25.1 Å². The topological polar surface area (TPSA) is 35.8 Å². The number of nitriles is 1. The lowest BCUT2D eigenvalue weighted by molar-refractivity contribution is 0.760. The van der Waals surface area contributed by atoms with E-state index < -0.39 is 0 Å². The highest BCUT2D eigenvalue weighted by Crippen LogP contribution is 2.32. The predicted molar refractivity (Wildman–Crippen MR) is 61.7 cm³/mol. The van der Waals surface area contributed by atoms with Crippen molar-refractivity contribution in [2.24, 2.45) is 5.92 Å². The van der Waals surface area contributed by atoms with Gasteiger partial charge in [0.05, 0.1) is 11.3 Å². The number of rotatable bonds is 4. The maximum atomic E-state index is 8.97.